The molecule has 2 amide bonds. The van der Waals surface area contributed by atoms with Crippen LogP contribution in [0.25, 0.3) is 0 Å². The number of halogens is 1. The Morgan fingerprint density at radius 3 is 2.33 bits per heavy atom. The first-order valence-corrected chi connectivity index (χ1v) is 10.3. The van der Waals surface area contributed by atoms with Gasteiger partial charge in [-0.15, -0.1) is 0 Å². The number of carbonyl (C=O) groups is 2. The number of nitrogens with one attached hydrogen (secondary N) is 1. The molecule has 0 spiro atoms. The number of nitrogens with zero attached hydrogens (tertiary/aromatic N) is 1. The highest BCUT2D eigenvalue weighted by atomic mass is 35.5. The molecule has 0 aliphatic heterocycles. The van der Waals surface area contributed by atoms with Crippen molar-refractivity contribution in [1.29, 1.82) is 0 Å². The number of benzene rings is 2. The largest absolute Gasteiger partial charge is 0.366 e. The average Bonchev–Trinajstić information content (AvgIpc) is 2.59. The zero-order valence-electron chi connectivity index (χ0n) is 14.7. The van der Waals surface area contributed by atoms with E-state index in [0.717, 1.165) is 6.26 Å². The third-order valence-electron chi connectivity index (χ3n) is 3.75. The second kappa shape index (κ2) is 8.88. The van der Waals surface area contributed by atoms with Crippen molar-refractivity contribution in [2.45, 2.75) is 12.8 Å². The lowest BCUT2D eigenvalue weighted by molar-refractivity contribution is -0.116. The van der Waals surface area contributed by atoms with Crippen LogP contribution in [0, 0.1) is 0 Å². The van der Waals surface area contributed by atoms with Crippen LogP contribution in [0.3, 0.4) is 0 Å². The molecule has 0 unspecified atom stereocenters. The minimum atomic E-state index is -3.51. The fourth-order valence-electron chi connectivity index (χ4n) is 2.50. The molecule has 144 valence electrons. The lowest BCUT2D eigenvalue weighted by Gasteiger charge is -2.22. The van der Waals surface area contributed by atoms with Gasteiger partial charge >= 0.3 is 0 Å². The molecular formula is C18H20ClN3O4S. The molecule has 0 radical (unpaired) electrons. The number of amides is 2. The summed E-state index contributed by atoms with van der Waals surface area (Å²) < 4.78 is 25.3. The zero-order valence-corrected chi connectivity index (χ0v) is 16.3. The maximum atomic E-state index is 12.2. The quantitative estimate of drug-likeness (QED) is 0.698. The van der Waals surface area contributed by atoms with E-state index in [4.69, 9.17) is 17.3 Å². The van der Waals surface area contributed by atoms with Crippen LogP contribution in [0.2, 0.25) is 5.02 Å². The predicted octanol–water partition coefficient (Wildman–Crippen LogP) is 2.62. The molecule has 0 bridgehead atoms. The van der Waals surface area contributed by atoms with Gasteiger partial charge in [-0.25, -0.2) is 8.42 Å². The van der Waals surface area contributed by atoms with Crippen molar-refractivity contribution >= 4 is 44.8 Å². The van der Waals surface area contributed by atoms with Gasteiger partial charge < -0.3 is 11.1 Å². The lowest BCUT2D eigenvalue weighted by Crippen LogP contribution is -2.31. The predicted molar refractivity (Wildman–Crippen MR) is 106 cm³/mol. The van der Waals surface area contributed by atoms with Crippen molar-refractivity contribution in [3.8, 4) is 0 Å². The summed E-state index contributed by atoms with van der Waals surface area (Å²) in [6.45, 7) is 0.130. The van der Waals surface area contributed by atoms with Crippen LogP contribution in [0.4, 0.5) is 11.4 Å². The van der Waals surface area contributed by atoms with Gasteiger partial charge in [0.05, 0.1) is 23.2 Å². The fraction of sp³-hybridized carbons (Fsp3) is 0.222. The van der Waals surface area contributed by atoms with Crippen LogP contribution in [0.15, 0.2) is 48.5 Å². The average molecular weight is 410 g/mol. The zero-order chi connectivity index (χ0) is 20.0. The van der Waals surface area contributed by atoms with Gasteiger partial charge in [-0.2, -0.15) is 0 Å². The molecule has 0 saturated heterocycles. The Hall–Kier alpha value is -2.58. The summed E-state index contributed by atoms with van der Waals surface area (Å²) in [5.41, 5.74) is 6.29. The smallest absolute Gasteiger partial charge is 0.250 e. The molecule has 0 fully saturated rings. The Morgan fingerprint density at radius 1 is 1.11 bits per heavy atom. The van der Waals surface area contributed by atoms with E-state index in [1.54, 1.807) is 42.5 Å². The topological polar surface area (TPSA) is 110 Å². The first-order chi connectivity index (χ1) is 12.7. The van der Waals surface area contributed by atoms with E-state index in [1.807, 2.05) is 0 Å². The Morgan fingerprint density at radius 2 is 1.74 bits per heavy atom. The van der Waals surface area contributed by atoms with Crippen LogP contribution >= 0.6 is 11.6 Å². The van der Waals surface area contributed by atoms with Gasteiger partial charge in [-0.05, 0) is 42.8 Å². The molecule has 0 heterocycles. The van der Waals surface area contributed by atoms with Crippen molar-refractivity contribution in [3.05, 3.63) is 59.1 Å². The van der Waals surface area contributed by atoms with E-state index in [-0.39, 0.29) is 24.4 Å². The van der Waals surface area contributed by atoms with Gasteiger partial charge in [0.25, 0.3) is 5.91 Å². The Bertz CT molecular complexity index is 930. The van der Waals surface area contributed by atoms with E-state index in [0.29, 0.717) is 22.8 Å². The molecule has 9 heteroatoms. The fourth-order valence-corrected chi connectivity index (χ4v) is 3.59. The molecule has 0 atom stereocenters. The lowest BCUT2D eigenvalue weighted by atomic mass is 10.1. The van der Waals surface area contributed by atoms with Crippen molar-refractivity contribution in [1.82, 2.24) is 0 Å². The molecule has 27 heavy (non-hydrogen) atoms. The first kappa shape index (κ1) is 20.7. The molecule has 2 rings (SSSR count). The first-order valence-electron chi connectivity index (χ1n) is 8.10. The summed E-state index contributed by atoms with van der Waals surface area (Å²) in [7, 11) is -3.51. The minimum absolute atomic E-state index is 0.0761. The number of carbonyl (C=O) groups excluding carboxylic acids is 2. The summed E-state index contributed by atoms with van der Waals surface area (Å²) >= 11 is 5.83. The van der Waals surface area contributed by atoms with Gasteiger partial charge in [-0.3, -0.25) is 13.9 Å². The molecule has 2 aromatic carbocycles. The molecule has 2 aromatic rings. The third kappa shape index (κ3) is 5.97. The van der Waals surface area contributed by atoms with Crippen LogP contribution in [0.5, 0.6) is 0 Å². The number of para-hydroxylation sites is 1. The van der Waals surface area contributed by atoms with E-state index in [9.17, 15) is 18.0 Å². The molecule has 0 aliphatic carbocycles. The summed E-state index contributed by atoms with van der Waals surface area (Å²) in [5, 5.41) is 3.13. The van der Waals surface area contributed by atoms with Crippen molar-refractivity contribution < 1.29 is 18.0 Å². The van der Waals surface area contributed by atoms with E-state index in [2.05, 4.69) is 5.32 Å². The number of anilines is 2. The van der Waals surface area contributed by atoms with Gasteiger partial charge in [-0.1, -0.05) is 23.7 Å². The van der Waals surface area contributed by atoms with E-state index < -0.39 is 15.9 Å². The van der Waals surface area contributed by atoms with Gasteiger partial charge in [0.1, 0.15) is 0 Å². The second-order valence-corrected chi connectivity index (χ2v) is 8.22. The van der Waals surface area contributed by atoms with E-state index >= 15 is 0 Å². The second-order valence-electron chi connectivity index (χ2n) is 5.87. The number of hydrogen-bond acceptors (Lipinski definition) is 4. The van der Waals surface area contributed by atoms with Crippen molar-refractivity contribution in [2.75, 3.05) is 22.4 Å². The standard InChI is InChI=1S/C18H20ClN3O4S/c1-27(25,26)22(14-10-8-13(19)9-11-14)12-4-7-17(23)21-16-6-3-2-5-15(16)18(20)24/h2-3,5-6,8-11H,4,7,12H2,1H3,(H2,20,24)(H,21,23). The van der Waals surface area contributed by atoms with Crippen molar-refractivity contribution in [2.24, 2.45) is 5.73 Å². The highest BCUT2D eigenvalue weighted by molar-refractivity contribution is 7.92. The van der Waals surface area contributed by atoms with Crippen molar-refractivity contribution in [3.63, 3.8) is 0 Å². The van der Waals surface area contributed by atoms with Gasteiger partial charge in [0, 0.05) is 18.0 Å². The van der Waals surface area contributed by atoms with Crippen LogP contribution in [0.1, 0.15) is 23.2 Å². The molecule has 7 nitrogen and oxygen atoms in total. The van der Waals surface area contributed by atoms with Gasteiger partial charge in [0.2, 0.25) is 15.9 Å². The van der Waals surface area contributed by atoms with Crippen LogP contribution in [-0.2, 0) is 14.8 Å². The summed E-state index contributed by atoms with van der Waals surface area (Å²) in [6.07, 6.45) is 1.47. The SMILES string of the molecule is CS(=O)(=O)N(CCCC(=O)Nc1ccccc1C(N)=O)c1ccc(Cl)cc1. The van der Waals surface area contributed by atoms with Crippen LogP contribution in [-0.4, -0.2) is 33.0 Å². The normalized spacial score (nSPS) is 11.0. The molecule has 3 N–H and O–H groups in total. The molecule has 0 aromatic heterocycles. The maximum Gasteiger partial charge on any atom is 0.250 e. The third-order valence-corrected chi connectivity index (χ3v) is 5.19. The maximum absolute atomic E-state index is 12.2. The monoisotopic (exact) mass is 409 g/mol. The highest BCUT2D eigenvalue weighted by Gasteiger charge is 2.18. The summed E-state index contributed by atoms with van der Waals surface area (Å²) in [4.78, 5) is 23.5. The minimum Gasteiger partial charge on any atom is -0.366 e. The highest BCUT2D eigenvalue weighted by Crippen LogP contribution is 2.21. The Kier molecular flexibility index (Phi) is 6.81. The number of nitrogens with two attached hydrogens (primary N) is 1. The molecule has 0 saturated carbocycles. The number of rotatable bonds is 8. The van der Waals surface area contributed by atoms with Gasteiger partial charge in [0.15, 0.2) is 0 Å². The number of hydrogen-bond donors (Lipinski definition) is 2. The molecule has 0 aliphatic rings. The van der Waals surface area contributed by atoms with E-state index in [1.165, 1.54) is 10.4 Å². The summed E-state index contributed by atoms with van der Waals surface area (Å²) in [5.74, 6) is -0.981. The summed E-state index contributed by atoms with van der Waals surface area (Å²) in [6, 6.07) is 12.8. The number of primary amides is 1. The van der Waals surface area contributed by atoms with Crippen LogP contribution < -0.4 is 15.4 Å². The Balaban J connectivity index is 2.00. The molecular weight excluding hydrogens is 390 g/mol. The Labute approximate surface area is 163 Å². The number of sulfonamides is 1.